The fourth-order valence-corrected chi connectivity index (χ4v) is 7.71. The van der Waals surface area contributed by atoms with E-state index >= 15 is 0 Å². The Morgan fingerprint density at radius 3 is 2.39 bits per heavy atom. The van der Waals surface area contributed by atoms with E-state index in [9.17, 15) is 15.0 Å². The van der Waals surface area contributed by atoms with Gasteiger partial charge in [0.25, 0.3) is 0 Å². The highest BCUT2D eigenvalue weighted by Gasteiger charge is 2.73. The van der Waals surface area contributed by atoms with Crippen LogP contribution in [0.25, 0.3) is 0 Å². The van der Waals surface area contributed by atoms with Gasteiger partial charge in [-0.15, -0.1) is 0 Å². The molecule has 0 aromatic carbocycles. The number of Topliss-reactive ketones (excluding diaryl/α,β-unsaturated/α-hetero) is 1. The molecule has 0 amide bonds. The maximum Gasteiger partial charge on any atom is 0.138 e. The smallest absolute Gasteiger partial charge is 0.138 e. The maximum absolute atomic E-state index is 12.5. The van der Waals surface area contributed by atoms with Crippen LogP contribution in [0.1, 0.15) is 79.1 Å². The average molecular weight is 320 g/mol. The second kappa shape index (κ2) is 4.22. The van der Waals surface area contributed by atoms with Gasteiger partial charge < -0.3 is 10.2 Å². The third-order valence-corrected chi connectivity index (χ3v) is 9.03. The summed E-state index contributed by atoms with van der Waals surface area (Å²) >= 11 is 0. The molecule has 2 N–H and O–H groups in total. The molecule has 4 fully saturated rings. The van der Waals surface area contributed by atoms with Crippen LogP contribution in [0.2, 0.25) is 0 Å². The number of fused-ring (bicyclic) bond motifs is 3. The minimum absolute atomic E-state index is 0.138. The summed E-state index contributed by atoms with van der Waals surface area (Å²) in [5.41, 5.74) is -2.02. The third-order valence-electron chi connectivity index (χ3n) is 9.03. The van der Waals surface area contributed by atoms with E-state index in [0.29, 0.717) is 18.1 Å². The van der Waals surface area contributed by atoms with Crippen LogP contribution in [0.5, 0.6) is 0 Å². The van der Waals surface area contributed by atoms with Crippen molar-refractivity contribution in [2.45, 2.75) is 90.3 Å². The fraction of sp³-hybridized carbons (Fsp3) is 0.950. The normalized spacial score (nSPS) is 57.7. The molecule has 0 radical (unpaired) electrons. The van der Waals surface area contributed by atoms with Gasteiger partial charge in [-0.2, -0.15) is 0 Å². The van der Waals surface area contributed by atoms with Gasteiger partial charge in [-0.25, -0.2) is 0 Å². The largest absolute Gasteiger partial charge is 0.390 e. The molecule has 3 nitrogen and oxygen atoms in total. The number of hydrogen-bond acceptors (Lipinski definition) is 3. The molecule has 4 aliphatic carbocycles. The van der Waals surface area contributed by atoms with Crippen molar-refractivity contribution in [3.05, 3.63) is 0 Å². The lowest BCUT2D eigenvalue weighted by molar-refractivity contribution is -0.255. The number of ketones is 1. The van der Waals surface area contributed by atoms with Gasteiger partial charge in [-0.1, -0.05) is 20.8 Å². The Morgan fingerprint density at radius 1 is 1.00 bits per heavy atom. The zero-order chi connectivity index (χ0) is 16.9. The van der Waals surface area contributed by atoms with Gasteiger partial charge in [0.1, 0.15) is 5.78 Å². The van der Waals surface area contributed by atoms with E-state index in [1.54, 1.807) is 0 Å². The minimum atomic E-state index is -0.724. The van der Waals surface area contributed by atoms with Crippen molar-refractivity contribution in [1.82, 2.24) is 0 Å². The Morgan fingerprint density at radius 2 is 1.70 bits per heavy atom. The number of carbonyl (C=O) groups excluding carboxylic acids is 1. The van der Waals surface area contributed by atoms with Crippen molar-refractivity contribution in [2.75, 3.05) is 0 Å². The lowest BCUT2D eigenvalue weighted by Gasteiger charge is -2.67. The van der Waals surface area contributed by atoms with Gasteiger partial charge in [-0.3, -0.25) is 4.79 Å². The summed E-state index contributed by atoms with van der Waals surface area (Å²) in [6.07, 6.45) is 6.80. The van der Waals surface area contributed by atoms with E-state index < -0.39 is 11.2 Å². The fourth-order valence-electron chi connectivity index (χ4n) is 7.71. The Labute approximate surface area is 139 Å². The van der Waals surface area contributed by atoms with E-state index in [4.69, 9.17) is 0 Å². The molecule has 3 heteroatoms. The van der Waals surface area contributed by atoms with E-state index in [1.165, 1.54) is 0 Å². The molecule has 6 atom stereocenters. The van der Waals surface area contributed by atoms with Crippen LogP contribution < -0.4 is 0 Å². The van der Waals surface area contributed by atoms with E-state index in [0.717, 1.165) is 44.9 Å². The van der Waals surface area contributed by atoms with Crippen LogP contribution in [-0.2, 0) is 4.79 Å². The summed E-state index contributed by atoms with van der Waals surface area (Å²) in [7, 11) is 0. The lowest BCUT2D eigenvalue weighted by Crippen LogP contribution is -2.68. The molecule has 0 heterocycles. The van der Waals surface area contributed by atoms with Crippen LogP contribution in [-0.4, -0.2) is 27.2 Å². The zero-order valence-corrected chi connectivity index (χ0v) is 15.1. The van der Waals surface area contributed by atoms with Crippen molar-refractivity contribution in [1.29, 1.82) is 0 Å². The molecule has 1 spiro atoms. The van der Waals surface area contributed by atoms with Gasteiger partial charge in [0, 0.05) is 22.7 Å². The lowest BCUT2D eigenvalue weighted by atomic mass is 9.39. The molecule has 4 rings (SSSR count). The third kappa shape index (κ3) is 1.66. The first-order chi connectivity index (χ1) is 10.5. The first-order valence-electron chi connectivity index (χ1n) is 9.47. The van der Waals surface area contributed by atoms with E-state index in [1.807, 2.05) is 6.92 Å². The first-order valence-corrected chi connectivity index (χ1v) is 9.47. The molecule has 2 bridgehead atoms. The highest BCUT2D eigenvalue weighted by Crippen LogP contribution is 2.74. The molecule has 4 aliphatic rings. The highest BCUT2D eigenvalue weighted by molar-refractivity contribution is 5.85. The molecular formula is C20H32O3. The quantitative estimate of drug-likeness (QED) is 0.718. The van der Waals surface area contributed by atoms with Crippen molar-refractivity contribution in [2.24, 2.45) is 28.1 Å². The van der Waals surface area contributed by atoms with Gasteiger partial charge in [0.15, 0.2) is 0 Å². The second-order valence-corrected chi connectivity index (χ2v) is 10.3. The SMILES string of the molecule is CC1(C)C(=O)CC[C@]2(C)[C@@H]1CC[C@@]13C[C@@H](CC[C@]12O)[C@](C)(O)C3. The molecule has 23 heavy (non-hydrogen) atoms. The van der Waals surface area contributed by atoms with Crippen molar-refractivity contribution in [3.8, 4) is 0 Å². The molecule has 0 aromatic heterocycles. The first kappa shape index (κ1) is 16.1. The van der Waals surface area contributed by atoms with Crippen LogP contribution >= 0.6 is 0 Å². The van der Waals surface area contributed by atoms with Crippen LogP contribution in [0.3, 0.4) is 0 Å². The number of hydrogen-bond donors (Lipinski definition) is 2. The molecular weight excluding hydrogens is 288 g/mol. The average Bonchev–Trinajstić information content (AvgIpc) is 2.66. The van der Waals surface area contributed by atoms with Crippen molar-refractivity contribution in [3.63, 3.8) is 0 Å². The standard InChI is InChI=1S/C20H32O3/c1-16(2)14-6-9-19-11-13(18(4,22)12-19)5-10-20(19,23)17(14,3)8-7-15(16)21/h13-14,22-23H,5-12H2,1-4H3/t13-,14-,17-,18-,19+,20-/m1/s1. The van der Waals surface area contributed by atoms with Gasteiger partial charge in [0.05, 0.1) is 11.2 Å². The summed E-state index contributed by atoms with van der Waals surface area (Å²) in [5.74, 6) is 0.960. The predicted molar refractivity (Wildman–Crippen MR) is 88.8 cm³/mol. The molecule has 130 valence electrons. The van der Waals surface area contributed by atoms with E-state index in [2.05, 4.69) is 20.8 Å². The van der Waals surface area contributed by atoms with Gasteiger partial charge in [0.2, 0.25) is 0 Å². The highest BCUT2D eigenvalue weighted by atomic mass is 16.3. The Kier molecular flexibility index (Phi) is 2.95. The summed E-state index contributed by atoms with van der Waals surface area (Å²) in [6, 6.07) is 0. The molecule has 4 saturated carbocycles. The maximum atomic E-state index is 12.5. The molecule has 0 aromatic rings. The topological polar surface area (TPSA) is 57.5 Å². The van der Waals surface area contributed by atoms with Gasteiger partial charge >= 0.3 is 0 Å². The zero-order valence-electron chi connectivity index (χ0n) is 15.1. The Hall–Kier alpha value is -0.410. The summed E-state index contributed by atoms with van der Waals surface area (Å²) in [5, 5.41) is 22.9. The van der Waals surface area contributed by atoms with E-state index in [-0.39, 0.29) is 22.2 Å². The summed E-state index contributed by atoms with van der Waals surface area (Å²) in [6.45, 7) is 8.41. The number of rotatable bonds is 0. The van der Waals surface area contributed by atoms with Gasteiger partial charge in [-0.05, 0) is 63.7 Å². The van der Waals surface area contributed by atoms with Crippen LogP contribution in [0.4, 0.5) is 0 Å². The number of aliphatic hydroxyl groups is 2. The molecule has 0 aliphatic heterocycles. The number of carbonyl (C=O) groups is 1. The monoisotopic (exact) mass is 320 g/mol. The van der Waals surface area contributed by atoms with Crippen molar-refractivity contribution >= 4 is 5.78 Å². The summed E-state index contributed by atoms with van der Waals surface area (Å²) in [4.78, 5) is 12.5. The second-order valence-electron chi connectivity index (χ2n) is 10.3. The van der Waals surface area contributed by atoms with Crippen LogP contribution in [0.15, 0.2) is 0 Å². The molecule has 0 unspecified atom stereocenters. The summed E-state index contributed by atoms with van der Waals surface area (Å²) < 4.78 is 0. The Balaban J connectivity index is 1.82. The predicted octanol–water partition coefficient (Wildman–Crippen LogP) is 3.46. The Bertz CT molecular complexity index is 565. The molecule has 0 saturated heterocycles. The minimum Gasteiger partial charge on any atom is -0.390 e. The van der Waals surface area contributed by atoms with Crippen LogP contribution in [0, 0.1) is 28.1 Å². The van der Waals surface area contributed by atoms with Crippen molar-refractivity contribution < 1.29 is 15.0 Å².